The van der Waals surface area contributed by atoms with Gasteiger partial charge in [-0.3, -0.25) is 0 Å². The zero-order chi connectivity index (χ0) is 21.0. The topological polar surface area (TPSA) is 36.9 Å². The van der Waals surface area contributed by atoms with E-state index in [1.807, 2.05) is 6.07 Å². The molecule has 152 valence electrons. The monoisotopic (exact) mass is 384 g/mol. The Morgan fingerprint density at radius 2 is 1.14 bits per heavy atom. The second-order valence-corrected chi connectivity index (χ2v) is 9.99. The highest BCUT2D eigenvalue weighted by atomic mass is 16.7. The van der Waals surface area contributed by atoms with E-state index < -0.39 is 18.3 Å². The molecule has 2 fully saturated rings. The number of hydrogen-bond donors (Lipinski definition) is 0. The molecule has 0 unspecified atom stereocenters. The van der Waals surface area contributed by atoms with Gasteiger partial charge in [0.15, 0.2) is 0 Å². The van der Waals surface area contributed by atoms with Gasteiger partial charge in [0.1, 0.15) is 0 Å². The molecule has 0 bridgehead atoms. The number of benzene rings is 1. The van der Waals surface area contributed by atoms with Crippen LogP contribution in [0.5, 0.6) is 0 Å². The second kappa shape index (κ2) is 7.02. The summed E-state index contributed by atoms with van der Waals surface area (Å²) in [5.41, 5.74) is 1.87. The molecule has 1 aromatic rings. The molecule has 2 aliphatic rings. The van der Waals surface area contributed by atoms with E-state index in [2.05, 4.69) is 86.6 Å². The molecule has 0 aliphatic carbocycles. The van der Waals surface area contributed by atoms with E-state index in [0.29, 0.717) is 6.32 Å². The Morgan fingerprint density at radius 3 is 1.61 bits per heavy atom. The lowest BCUT2D eigenvalue weighted by Crippen LogP contribution is -2.41. The summed E-state index contributed by atoms with van der Waals surface area (Å²) in [5.74, 6) is 0. The number of rotatable bonds is 4. The lowest BCUT2D eigenvalue weighted by Gasteiger charge is -2.32. The van der Waals surface area contributed by atoms with Gasteiger partial charge < -0.3 is 18.6 Å². The summed E-state index contributed by atoms with van der Waals surface area (Å²) in [7, 11) is -0.762. The quantitative estimate of drug-likeness (QED) is 0.671. The van der Waals surface area contributed by atoms with Crippen molar-refractivity contribution in [2.24, 2.45) is 0 Å². The van der Waals surface area contributed by atoms with Crippen LogP contribution in [0, 0.1) is 0 Å². The summed E-state index contributed by atoms with van der Waals surface area (Å²) in [4.78, 5) is 0. The molecule has 1 aromatic carbocycles. The molecule has 2 heterocycles. The van der Waals surface area contributed by atoms with Gasteiger partial charge in [-0.25, -0.2) is 0 Å². The van der Waals surface area contributed by atoms with E-state index in [4.69, 9.17) is 18.6 Å². The molecule has 0 spiro atoms. The fraction of sp³-hybridized carbons (Fsp3) is 0.636. The highest BCUT2D eigenvalue weighted by Crippen LogP contribution is 2.43. The van der Waals surface area contributed by atoms with Crippen LogP contribution in [0.3, 0.4) is 0 Å². The Balaban J connectivity index is 1.96. The largest absolute Gasteiger partial charge is 0.490 e. The Bertz CT molecular complexity index is 721. The fourth-order valence-electron chi connectivity index (χ4n) is 3.51. The van der Waals surface area contributed by atoms with Crippen LogP contribution < -0.4 is 0 Å². The summed E-state index contributed by atoms with van der Waals surface area (Å²) in [6.45, 7) is 18.8. The van der Waals surface area contributed by atoms with Gasteiger partial charge in [-0.05, 0) is 78.9 Å². The zero-order valence-electron chi connectivity index (χ0n) is 18.9. The lowest BCUT2D eigenvalue weighted by atomic mass is 9.63. The van der Waals surface area contributed by atoms with E-state index in [1.165, 1.54) is 0 Å². The first kappa shape index (κ1) is 21.6. The maximum Gasteiger partial charge on any atom is 0.490 e. The summed E-state index contributed by atoms with van der Waals surface area (Å²) in [6, 6.07) is 10.4. The van der Waals surface area contributed by atoms with Crippen molar-refractivity contribution in [2.45, 2.75) is 91.0 Å². The number of hydrogen-bond acceptors (Lipinski definition) is 4. The van der Waals surface area contributed by atoms with Gasteiger partial charge in [0.05, 0.1) is 22.4 Å². The van der Waals surface area contributed by atoms with Crippen LogP contribution in [-0.2, 0) is 18.6 Å². The Morgan fingerprint density at radius 1 is 0.714 bits per heavy atom. The molecule has 4 nitrogen and oxygen atoms in total. The first-order valence-corrected chi connectivity index (χ1v) is 10.2. The first-order chi connectivity index (χ1) is 12.8. The van der Waals surface area contributed by atoms with Crippen molar-refractivity contribution in [1.29, 1.82) is 0 Å². The minimum absolute atomic E-state index is 0.335. The molecule has 0 atom stereocenters. The zero-order valence-corrected chi connectivity index (χ0v) is 18.9. The average molecular weight is 384 g/mol. The minimum atomic E-state index is -0.427. The highest BCUT2D eigenvalue weighted by Gasteiger charge is 2.55. The smallest absolute Gasteiger partial charge is 0.403 e. The Labute approximate surface area is 171 Å². The van der Waals surface area contributed by atoms with Crippen molar-refractivity contribution >= 4 is 19.8 Å². The number of allylic oxidation sites excluding steroid dienone is 2. The van der Waals surface area contributed by atoms with Crippen molar-refractivity contribution < 1.29 is 18.6 Å². The fourth-order valence-corrected chi connectivity index (χ4v) is 3.51. The maximum atomic E-state index is 6.39. The van der Waals surface area contributed by atoms with Crippen LogP contribution >= 0.6 is 0 Å². The van der Waals surface area contributed by atoms with Gasteiger partial charge in [-0.15, -0.1) is 0 Å². The molecule has 0 amide bonds. The maximum absolute atomic E-state index is 6.39. The van der Waals surface area contributed by atoms with E-state index in [0.717, 1.165) is 16.6 Å². The van der Waals surface area contributed by atoms with E-state index in [9.17, 15) is 0 Å². The minimum Gasteiger partial charge on any atom is -0.403 e. The molecule has 0 saturated carbocycles. The van der Waals surface area contributed by atoms with Crippen LogP contribution in [0.25, 0.3) is 5.57 Å². The van der Waals surface area contributed by atoms with Gasteiger partial charge in [-0.2, -0.15) is 0 Å². The van der Waals surface area contributed by atoms with Crippen LogP contribution in [-0.4, -0.2) is 36.6 Å². The van der Waals surface area contributed by atoms with Crippen molar-refractivity contribution in [1.82, 2.24) is 0 Å². The van der Waals surface area contributed by atoms with E-state index in [-0.39, 0.29) is 18.3 Å². The first-order valence-electron chi connectivity index (χ1n) is 10.2. The molecule has 6 heteroatoms. The third-order valence-corrected chi connectivity index (χ3v) is 6.91. The van der Waals surface area contributed by atoms with E-state index >= 15 is 0 Å². The van der Waals surface area contributed by atoms with Gasteiger partial charge in [0.2, 0.25) is 0 Å². The molecule has 3 rings (SSSR count). The van der Waals surface area contributed by atoms with E-state index in [1.54, 1.807) is 0 Å². The predicted octanol–water partition coefficient (Wildman–Crippen LogP) is 5.18. The molecule has 2 aliphatic heterocycles. The van der Waals surface area contributed by atoms with Crippen LogP contribution in [0.2, 0.25) is 6.32 Å². The van der Waals surface area contributed by atoms with Gasteiger partial charge in [0.25, 0.3) is 0 Å². The van der Waals surface area contributed by atoms with Crippen molar-refractivity contribution in [2.75, 3.05) is 0 Å². The Kier molecular flexibility index (Phi) is 5.42. The standard InChI is InChI=1S/C22H34B2O4/c1-16(17-13-11-10-12-14-17)18(24-27-21(6,7)22(8,9)28-24)15-23-25-19(2,3)20(4,5)26-23/h10-14H,15H2,1-9H3/b18-16-. The third kappa shape index (κ3) is 3.85. The summed E-state index contributed by atoms with van der Waals surface area (Å²) in [6.07, 6.45) is 0.602. The van der Waals surface area contributed by atoms with Gasteiger partial charge >= 0.3 is 14.2 Å². The molecular weight excluding hydrogens is 350 g/mol. The third-order valence-electron chi connectivity index (χ3n) is 6.91. The molecular formula is C22H34B2O4. The summed E-state index contributed by atoms with van der Waals surface area (Å²) < 4.78 is 25.3. The van der Waals surface area contributed by atoms with Crippen molar-refractivity contribution in [3.63, 3.8) is 0 Å². The van der Waals surface area contributed by atoms with Crippen LogP contribution in [0.1, 0.15) is 67.9 Å². The molecule has 0 radical (unpaired) electrons. The van der Waals surface area contributed by atoms with Crippen LogP contribution in [0.15, 0.2) is 35.8 Å². The van der Waals surface area contributed by atoms with Crippen molar-refractivity contribution in [3.05, 3.63) is 41.4 Å². The lowest BCUT2D eigenvalue weighted by molar-refractivity contribution is 0.00578. The SMILES string of the molecule is C/C(=C(\CB1OC(C)(C)C(C)(C)O1)B1OC(C)(C)C(C)(C)O1)c1ccccc1. The highest BCUT2D eigenvalue weighted by molar-refractivity contribution is 6.61. The van der Waals surface area contributed by atoms with Crippen molar-refractivity contribution in [3.8, 4) is 0 Å². The molecule has 0 aromatic heterocycles. The second-order valence-electron chi connectivity index (χ2n) is 9.99. The summed E-state index contributed by atoms with van der Waals surface area (Å²) in [5, 5.41) is 0. The summed E-state index contributed by atoms with van der Waals surface area (Å²) >= 11 is 0. The predicted molar refractivity (Wildman–Crippen MR) is 116 cm³/mol. The Hall–Kier alpha value is -1.07. The molecule has 0 N–H and O–H groups in total. The average Bonchev–Trinajstić information content (AvgIpc) is 2.91. The molecule has 2 saturated heterocycles. The normalized spacial score (nSPS) is 25.8. The van der Waals surface area contributed by atoms with Gasteiger partial charge in [0, 0.05) is 6.32 Å². The van der Waals surface area contributed by atoms with Gasteiger partial charge in [-0.1, -0.05) is 30.3 Å². The molecule has 28 heavy (non-hydrogen) atoms. The van der Waals surface area contributed by atoms with Crippen LogP contribution in [0.4, 0.5) is 0 Å².